The molecule has 0 saturated carbocycles. The number of nitrogens with one attached hydrogen (secondary N) is 1. The quantitative estimate of drug-likeness (QED) is 0.891. The number of benzene rings is 1. The Morgan fingerprint density at radius 2 is 2.19 bits per heavy atom. The third kappa shape index (κ3) is 1.88. The first-order chi connectivity index (χ1) is 7.61. The Hall–Kier alpha value is -1.56. The maximum atomic E-state index is 13.7. The maximum Gasteiger partial charge on any atom is 0.145 e. The van der Waals surface area contributed by atoms with Crippen LogP contribution in [0.2, 0.25) is 0 Å². The Labute approximate surface area is 99.7 Å². The number of methoxy groups -OCH3 is 1. The first kappa shape index (κ1) is 10.9. The highest BCUT2D eigenvalue weighted by molar-refractivity contribution is 9.10. The van der Waals surface area contributed by atoms with Crippen molar-refractivity contribution in [3.63, 3.8) is 0 Å². The summed E-state index contributed by atoms with van der Waals surface area (Å²) in [7, 11) is 1.48. The average molecular weight is 286 g/mol. The Morgan fingerprint density at radius 3 is 2.75 bits per heavy atom. The monoisotopic (exact) mass is 285 g/mol. The van der Waals surface area contributed by atoms with Crippen LogP contribution in [0.3, 0.4) is 0 Å². The van der Waals surface area contributed by atoms with E-state index in [2.05, 4.69) is 26.1 Å². The van der Waals surface area contributed by atoms with Crippen LogP contribution in [-0.2, 0) is 0 Å². The van der Waals surface area contributed by atoms with Crippen molar-refractivity contribution in [1.29, 1.82) is 0 Å². The molecule has 1 heterocycles. The van der Waals surface area contributed by atoms with Gasteiger partial charge in [-0.15, -0.1) is 0 Å². The lowest BCUT2D eigenvalue weighted by Crippen LogP contribution is -1.90. The van der Waals surface area contributed by atoms with Crippen LogP contribution in [0.15, 0.2) is 22.7 Å². The maximum absolute atomic E-state index is 13.7. The number of H-pyrrole nitrogens is 1. The molecule has 0 unspecified atom stereocenters. The number of aromatic nitrogens is 2. The van der Waals surface area contributed by atoms with E-state index in [1.54, 1.807) is 12.1 Å². The molecule has 0 spiro atoms. The lowest BCUT2D eigenvalue weighted by Gasteiger charge is -2.06. The fourth-order valence-electron chi connectivity index (χ4n) is 1.37. The van der Waals surface area contributed by atoms with E-state index in [9.17, 15) is 4.39 Å². The zero-order valence-corrected chi connectivity index (χ0v) is 10.0. The molecular formula is C10H9BrFN3O. The zero-order valence-electron chi connectivity index (χ0n) is 8.42. The molecule has 6 heteroatoms. The molecule has 2 aromatic rings. The zero-order chi connectivity index (χ0) is 11.7. The Kier molecular flexibility index (Phi) is 2.82. The molecule has 0 bridgehead atoms. The number of anilines is 1. The molecule has 0 amide bonds. The van der Waals surface area contributed by atoms with Crippen LogP contribution in [0.25, 0.3) is 11.3 Å². The van der Waals surface area contributed by atoms with Gasteiger partial charge in [-0.3, -0.25) is 5.10 Å². The van der Waals surface area contributed by atoms with Crippen LogP contribution in [0.1, 0.15) is 0 Å². The normalized spacial score (nSPS) is 10.4. The molecule has 1 aromatic heterocycles. The van der Waals surface area contributed by atoms with E-state index in [-0.39, 0.29) is 0 Å². The summed E-state index contributed by atoms with van der Waals surface area (Å²) in [6.45, 7) is 0. The van der Waals surface area contributed by atoms with Crippen molar-refractivity contribution in [2.75, 3.05) is 12.8 Å². The SMILES string of the molecule is COc1cc(F)c(-c2cc(N)n[nH]2)cc1Br. The third-order valence-electron chi connectivity index (χ3n) is 2.13. The van der Waals surface area contributed by atoms with Crippen molar-refractivity contribution in [3.05, 3.63) is 28.5 Å². The van der Waals surface area contributed by atoms with E-state index < -0.39 is 5.82 Å². The van der Waals surface area contributed by atoms with Crippen LogP contribution in [-0.4, -0.2) is 17.3 Å². The van der Waals surface area contributed by atoms with Gasteiger partial charge >= 0.3 is 0 Å². The predicted molar refractivity (Wildman–Crippen MR) is 62.6 cm³/mol. The highest BCUT2D eigenvalue weighted by atomic mass is 79.9. The van der Waals surface area contributed by atoms with Gasteiger partial charge in [0.05, 0.1) is 17.3 Å². The second-order valence-corrected chi connectivity index (χ2v) is 4.03. The fourth-order valence-corrected chi connectivity index (χ4v) is 1.87. The van der Waals surface area contributed by atoms with Crippen LogP contribution in [0.4, 0.5) is 10.2 Å². The van der Waals surface area contributed by atoms with Crippen molar-refractivity contribution >= 4 is 21.7 Å². The van der Waals surface area contributed by atoms with Crippen molar-refractivity contribution in [3.8, 4) is 17.0 Å². The number of nitrogen functional groups attached to an aromatic ring is 1. The molecule has 0 aliphatic rings. The molecule has 0 atom stereocenters. The van der Waals surface area contributed by atoms with Gasteiger partial charge in [0.25, 0.3) is 0 Å². The topological polar surface area (TPSA) is 63.9 Å². The smallest absolute Gasteiger partial charge is 0.145 e. The lowest BCUT2D eigenvalue weighted by atomic mass is 10.1. The predicted octanol–water partition coefficient (Wildman–Crippen LogP) is 2.57. The molecule has 1 aromatic carbocycles. The number of nitrogens with zero attached hydrogens (tertiary/aromatic N) is 1. The van der Waals surface area contributed by atoms with Crippen molar-refractivity contribution in [1.82, 2.24) is 10.2 Å². The average Bonchev–Trinajstić information content (AvgIpc) is 2.67. The number of ether oxygens (including phenoxy) is 1. The molecule has 2 rings (SSSR count). The van der Waals surface area contributed by atoms with Gasteiger partial charge in [0.2, 0.25) is 0 Å². The van der Waals surface area contributed by atoms with Gasteiger partial charge in [-0.05, 0) is 22.0 Å². The molecule has 0 saturated heterocycles. The molecule has 4 nitrogen and oxygen atoms in total. The molecular weight excluding hydrogens is 277 g/mol. The van der Waals surface area contributed by atoms with Gasteiger partial charge in [-0.2, -0.15) is 5.10 Å². The highest BCUT2D eigenvalue weighted by Gasteiger charge is 2.12. The molecule has 0 fully saturated rings. The van der Waals surface area contributed by atoms with E-state index in [0.717, 1.165) is 0 Å². The summed E-state index contributed by atoms with van der Waals surface area (Å²) in [5.74, 6) is 0.360. The first-order valence-electron chi connectivity index (χ1n) is 4.46. The summed E-state index contributed by atoms with van der Waals surface area (Å²) in [6.07, 6.45) is 0. The summed E-state index contributed by atoms with van der Waals surface area (Å²) < 4.78 is 19.4. The summed E-state index contributed by atoms with van der Waals surface area (Å²) >= 11 is 3.29. The largest absolute Gasteiger partial charge is 0.495 e. The number of hydrogen-bond acceptors (Lipinski definition) is 3. The van der Waals surface area contributed by atoms with Gasteiger partial charge in [-0.1, -0.05) is 0 Å². The Morgan fingerprint density at radius 1 is 1.44 bits per heavy atom. The van der Waals surface area contributed by atoms with E-state index in [4.69, 9.17) is 10.5 Å². The van der Waals surface area contributed by atoms with Crippen molar-refractivity contribution < 1.29 is 9.13 Å². The Bertz CT molecular complexity index is 527. The summed E-state index contributed by atoms with van der Waals surface area (Å²) in [5.41, 5.74) is 6.37. The number of hydrogen-bond donors (Lipinski definition) is 2. The van der Waals surface area contributed by atoms with E-state index in [1.165, 1.54) is 13.2 Å². The lowest BCUT2D eigenvalue weighted by molar-refractivity contribution is 0.409. The second kappa shape index (κ2) is 4.13. The number of rotatable bonds is 2. The minimum absolute atomic E-state index is 0.321. The standard InChI is InChI=1S/C10H9BrFN3O/c1-16-9-3-7(12)5(2-6(9)11)8-4-10(13)15-14-8/h2-4H,1H3,(H3,13,14,15). The minimum Gasteiger partial charge on any atom is -0.495 e. The molecule has 0 aliphatic carbocycles. The molecule has 3 N–H and O–H groups in total. The second-order valence-electron chi connectivity index (χ2n) is 3.17. The van der Waals surface area contributed by atoms with Crippen molar-refractivity contribution in [2.24, 2.45) is 0 Å². The molecule has 0 radical (unpaired) electrons. The molecule has 0 aliphatic heterocycles. The van der Waals surface area contributed by atoms with Crippen LogP contribution in [0.5, 0.6) is 5.75 Å². The molecule has 84 valence electrons. The van der Waals surface area contributed by atoms with E-state index >= 15 is 0 Å². The number of aromatic amines is 1. The van der Waals surface area contributed by atoms with Crippen molar-refractivity contribution in [2.45, 2.75) is 0 Å². The minimum atomic E-state index is -0.399. The highest BCUT2D eigenvalue weighted by Crippen LogP contribution is 2.32. The van der Waals surface area contributed by atoms with Crippen LogP contribution < -0.4 is 10.5 Å². The number of nitrogens with two attached hydrogens (primary N) is 1. The van der Waals surface area contributed by atoms with Gasteiger partial charge in [0.15, 0.2) is 0 Å². The van der Waals surface area contributed by atoms with E-state index in [0.29, 0.717) is 27.3 Å². The van der Waals surface area contributed by atoms with Gasteiger partial charge in [-0.25, -0.2) is 4.39 Å². The van der Waals surface area contributed by atoms with Crippen LogP contribution >= 0.6 is 15.9 Å². The van der Waals surface area contributed by atoms with Gasteiger partial charge in [0.1, 0.15) is 17.4 Å². The Balaban J connectivity index is 2.54. The van der Waals surface area contributed by atoms with Gasteiger partial charge < -0.3 is 10.5 Å². The summed E-state index contributed by atoms with van der Waals surface area (Å²) in [5, 5.41) is 6.40. The summed E-state index contributed by atoms with van der Waals surface area (Å²) in [4.78, 5) is 0. The van der Waals surface area contributed by atoms with Gasteiger partial charge in [0, 0.05) is 17.7 Å². The third-order valence-corrected chi connectivity index (χ3v) is 2.75. The first-order valence-corrected chi connectivity index (χ1v) is 5.25. The molecule has 16 heavy (non-hydrogen) atoms. The number of halogens is 2. The van der Waals surface area contributed by atoms with E-state index in [1.807, 2.05) is 0 Å². The van der Waals surface area contributed by atoms with Crippen LogP contribution in [0, 0.1) is 5.82 Å². The summed E-state index contributed by atoms with van der Waals surface area (Å²) in [6, 6.07) is 4.48. The fraction of sp³-hybridized carbons (Fsp3) is 0.100.